The van der Waals surface area contributed by atoms with Crippen LogP contribution in [0.4, 0.5) is 0 Å². The summed E-state index contributed by atoms with van der Waals surface area (Å²) >= 11 is 0. The Morgan fingerprint density at radius 3 is 2.78 bits per heavy atom. The molecule has 0 bridgehead atoms. The van der Waals surface area contributed by atoms with E-state index in [1.807, 2.05) is 0 Å². The third-order valence-corrected chi connectivity index (χ3v) is 4.17. The molecule has 0 aliphatic heterocycles. The van der Waals surface area contributed by atoms with E-state index in [2.05, 4.69) is 25.1 Å². The van der Waals surface area contributed by atoms with Gasteiger partial charge in [0.25, 0.3) is 0 Å². The Morgan fingerprint density at radius 2 is 2.22 bits per heavy atom. The van der Waals surface area contributed by atoms with Crippen molar-refractivity contribution in [3.8, 4) is 12.3 Å². The van der Waals surface area contributed by atoms with Crippen LogP contribution in [0.25, 0.3) is 0 Å². The van der Waals surface area contributed by atoms with E-state index in [4.69, 9.17) is 11.2 Å². The second-order valence-corrected chi connectivity index (χ2v) is 5.57. The zero-order valence-electron chi connectivity index (χ0n) is 11.8. The molecule has 0 heterocycles. The summed E-state index contributed by atoms with van der Waals surface area (Å²) in [5.41, 5.74) is -0.565. The molecule has 0 aromatic heterocycles. The van der Waals surface area contributed by atoms with Gasteiger partial charge in [-0.3, -0.25) is 10.1 Å². The van der Waals surface area contributed by atoms with Crippen LogP contribution in [0, 0.1) is 24.2 Å². The molecule has 1 saturated carbocycles. The van der Waals surface area contributed by atoms with E-state index >= 15 is 0 Å². The average Bonchev–Trinajstić information content (AvgIpc) is 2.59. The van der Waals surface area contributed by atoms with Crippen molar-refractivity contribution in [2.45, 2.75) is 51.5 Å². The van der Waals surface area contributed by atoms with Gasteiger partial charge in [0.1, 0.15) is 5.54 Å². The SMILES string of the molecule is C#CCNC1(C(=O)OC)CCCC(C(C)C)CC1. The Labute approximate surface area is 111 Å². The van der Waals surface area contributed by atoms with Crippen LogP contribution in [0.5, 0.6) is 0 Å². The van der Waals surface area contributed by atoms with E-state index < -0.39 is 5.54 Å². The number of hydrogen-bond acceptors (Lipinski definition) is 3. The first-order valence-corrected chi connectivity index (χ1v) is 6.82. The Morgan fingerprint density at radius 1 is 1.50 bits per heavy atom. The fraction of sp³-hybridized carbons (Fsp3) is 0.800. The highest BCUT2D eigenvalue weighted by Crippen LogP contribution is 2.34. The van der Waals surface area contributed by atoms with Gasteiger partial charge in [-0.15, -0.1) is 6.42 Å². The maximum atomic E-state index is 12.1. The normalized spacial score (nSPS) is 28.5. The van der Waals surface area contributed by atoms with Crippen molar-refractivity contribution in [3.63, 3.8) is 0 Å². The maximum absolute atomic E-state index is 12.1. The molecule has 2 atom stereocenters. The highest BCUT2D eigenvalue weighted by molar-refractivity contribution is 5.80. The van der Waals surface area contributed by atoms with Gasteiger partial charge in [0.05, 0.1) is 13.7 Å². The van der Waals surface area contributed by atoms with E-state index in [-0.39, 0.29) is 5.97 Å². The summed E-state index contributed by atoms with van der Waals surface area (Å²) < 4.78 is 4.97. The Hall–Kier alpha value is -1.01. The summed E-state index contributed by atoms with van der Waals surface area (Å²) in [6.45, 7) is 4.93. The number of carbonyl (C=O) groups excluding carboxylic acids is 1. The average molecular weight is 251 g/mol. The topological polar surface area (TPSA) is 38.3 Å². The van der Waals surface area contributed by atoms with Gasteiger partial charge in [0, 0.05) is 0 Å². The van der Waals surface area contributed by atoms with Crippen LogP contribution in [0.1, 0.15) is 46.0 Å². The summed E-state index contributed by atoms with van der Waals surface area (Å²) in [6.07, 6.45) is 10.2. The third kappa shape index (κ3) is 3.49. The number of carbonyl (C=O) groups is 1. The number of esters is 1. The molecule has 3 nitrogen and oxygen atoms in total. The fourth-order valence-electron chi connectivity index (χ4n) is 2.90. The van der Waals surface area contributed by atoms with Gasteiger partial charge in [0.15, 0.2) is 0 Å². The summed E-state index contributed by atoms with van der Waals surface area (Å²) in [5.74, 6) is 3.76. The monoisotopic (exact) mass is 251 g/mol. The number of terminal acetylenes is 1. The third-order valence-electron chi connectivity index (χ3n) is 4.17. The summed E-state index contributed by atoms with van der Waals surface area (Å²) in [6, 6.07) is 0. The quantitative estimate of drug-likeness (QED) is 0.473. The minimum absolute atomic E-state index is 0.165. The molecule has 2 unspecified atom stereocenters. The van der Waals surface area contributed by atoms with Crippen molar-refractivity contribution in [1.82, 2.24) is 5.32 Å². The van der Waals surface area contributed by atoms with Crippen LogP contribution in [0.2, 0.25) is 0 Å². The lowest BCUT2D eigenvalue weighted by Crippen LogP contribution is -2.52. The maximum Gasteiger partial charge on any atom is 0.326 e. The molecule has 3 heteroatoms. The van der Waals surface area contributed by atoms with Gasteiger partial charge in [-0.2, -0.15) is 0 Å². The van der Waals surface area contributed by atoms with Crippen LogP contribution in [-0.2, 0) is 9.53 Å². The van der Waals surface area contributed by atoms with Crippen LogP contribution in [0.3, 0.4) is 0 Å². The molecular weight excluding hydrogens is 226 g/mol. The minimum atomic E-state index is -0.565. The largest absolute Gasteiger partial charge is 0.468 e. The standard InChI is InChI=1S/C15H25NO2/c1-5-11-16-15(14(17)18-4)9-6-7-13(8-10-15)12(2)3/h1,12-13,16H,6-11H2,2-4H3. The van der Waals surface area contributed by atoms with E-state index in [0.717, 1.165) is 25.7 Å². The molecule has 0 saturated heterocycles. The minimum Gasteiger partial charge on any atom is -0.468 e. The van der Waals surface area contributed by atoms with Gasteiger partial charge in [-0.25, -0.2) is 0 Å². The fourth-order valence-corrected chi connectivity index (χ4v) is 2.90. The first kappa shape index (κ1) is 15.0. The van der Waals surface area contributed by atoms with Gasteiger partial charge >= 0.3 is 5.97 Å². The number of rotatable bonds is 4. The molecule has 1 aliphatic carbocycles. The first-order chi connectivity index (χ1) is 8.55. The zero-order chi connectivity index (χ0) is 13.6. The van der Waals surface area contributed by atoms with Crippen molar-refractivity contribution in [3.05, 3.63) is 0 Å². The molecule has 1 N–H and O–H groups in total. The van der Waals surface area contributed by atoms with Crippen molar-refractivity contribution < 1.29 is 9.53 Å². The molecule has 1 fully saturated rings. The Balaban J connectivity index is 2.78. The highest BCUT2D eigenvalue weighted by atomic mass is 16.5. The molecule has 1 aliphatic rings. The second-order valence-electron chi connectivity index (χ2n) is 5.57. The number of methoxy groups -OCH3 is 1. The van der Waals surface area contributed by atoms with Crippen molar-refractivity contribution in [1.29, 1.82) is 0 Å². The number of hydrogen-bond donors (Lipinski definition) is 1. The molecule has 0 radical (unpaired) electrons. The first-order valence-electron chi connectivity index (χ1n) is 6.82. The number of ether oxygens (including phenoxy) is 1. The molecular formula is C15H25NO2. The predicted molar refractivity (Wildman–Crippen MR) is 73.0 cm³/mol. The number of nitrogens with one attached hydrogen (secondary N) is 1. The molecule has 0 aromatic carbocycles. The highest BCUT2D eigenvalue weighted by Gasteiger charge is 2.40. The van der Waals surface area contributed by atoms with Crippen LogP contribution in [-0.4, -0.2) is 25.2 Å². The van der Waals surface area contributed by atoms with Gasteiger partial charge in [0.2, 0.25) is 0 Å². The van der Waals surface area contributed by atoms with E-state index in [1.165, 1.54) is 13.5 Å². The van der Waals surface area contributed by atoms with Crippen molar-refractivity contribution in [2.75, 3.05) is 13.7 Å². The van der Waals surface area contributed by atoms with Crippen LogP contribution in [0.15, 0.2) is 0 Å². The Bertz CT molecular complexity index is 319. The predicted octanol–water partition coefficient (Wildman–Crippen LogP) is 2.36. The zero-order valence-corrected chi connectivity index (χ0v) is 11.8. The van der Waals surface area contributed by atoms with Gasteiger partial charge < -0.3 is 4.74 Å². The molecule has 1 rings (SSSR count). The molecule has 18 heavy (non-hydrogen) atoms. The van der Waals surface area contributed by atoms with Gasteiger partial charge in [-0.1, -0.05) is 32.6 Å². The van der Waals surface area contributed by atoms with Crippen molar-refractivity contribution in [2.24, 2.45) is 11.8 Å². The van der Waals surface area contributed by atoms with Crippen LogP contribution >= 0.6 is 0 Å². The summed E-state index contributed by atoms with van der Waals surface area (Å²) in [4.78, 5) is 12.1. The summed E-state index contributed by atoms with van der Waals surface area (Å²) in [5, 5.41) is 3.22. The molecule has 0 aromatic rings. The summed E-state index contributed by atoms with van der Waals surface area (Å²) in [7, 11) is 1.45. The molecule has 102 valence electrons. The van der Waals surface area contributed by atoms with E-state index in [1.54, 1.807) is 0 Å². The lowest BCUT2D eigenvalue weighted by atomic mass is 9.86. The Kier molecular flexibility index (Phi) is 5.68. The molecule has 0 spiro atoms. The molecule has 0 amide bonds. The second kappa shape index (κ2) is 6.80. The van der Waals surface area contributed by atoms with E-state index in [9.17, 15) is 4.79 Å². The van der Waals surface area contributed by atoms with Crippen LogP contribution < -0.4 is 5.32 Å². The van der Waals surface area contributed by atoms with E-state index in [0.29, 0.717) is 18.4 Å². The smallest absolute Gasteiger partial charge is 0.326 e. The lowest BCUT2D eigenvalue weighted by Gasteiger charge is -2.30. The van der Waals surface area contributed by atoms with Crippen molar-refractivity contribution >= 4 is 5.97 Å². The van der Waals surface area contributed by atoms with Gasteiger partial charge in [-0.05, 0) is 31.1 Å². The lowest BCUT2D eigenvalue weighted by molar-refractivity contribution is -0.149.